The number of likely N-dealkylation sites (tertiary alicyclic amines) is 1. The summed E-state index contributed by atoms with van der Waals surface area (Å²) in [6.45, 7) is 5.67. The van der Waals surface area contributed by atoms with Crippen LogP contribution in [0.2, 0.25) is 0 Å². The summed E-state index contributed by atoms with van der Waals surface area (Å²) in [7, 11) is 0. The lowest BCUT2D eigenvalue weighted by atomic mass is 9.78. The molecule has 3 atom stereocenters. The van der Waals surface area contributed by atoms with E-state index < -0.39 is 23.3 Å². The van der Waals surface area contributed by atoms with Crippen molar-refractivity contribution in [1.29, 1.82) is 0 Å². The van der Waals surface area contributed by atoms with E-state index in [-0.39, 0.29) is 24.2 Å². The van der Waals surface area contributed by atoms with Gasteiger partial charge >= 0.3 is 5.97 Å². The first-order valence-corrected chi connectivity index (χ1v) is 6.55. The molecule has 0 aromatic rings. The van der Waals surface area contributed by atoms with Crippen LogP contribution in [0, 0.1) is 17.3 Å². The Hall–Kier alpha value is -1.65. The van der Waals surface area contributed by atoms with Crippen molar-refractivity contribution in [3.8, 4) is 0 Å². The maximum absolute atomic E-state index is 12.5. The first-order valence-electron chi connectivity index (χ1n) is 6.55. The summed E-state index contributed by atoms with van der Waals surface area (Å²) in [5, 5.41) is 8.96. The van der Waals surface area contributed by atoms with E-state index in [1.807, 2.05) is 20.8 Å². The topological polar surface area (TPSA) is 74.7 Å². The molecule has 1 aliphatic heterocycles. The number of imide groups is 1. The van der Waals surface area contributed by atoms with E-state index in [0.29, 0.717) is 6.42 Å². The van der Waals surface area contributed by atoms with E-state index in [1.165, 1.54) is 4.90 Å². The summed E-state index contributed by atoms with van der Waals surface area (Å²) in [5.74, 6) is -1.80. The van der Waals surface area contributed by atoms with Crippen molar-refractivity contribution in [2.45, 2.75) is 39.7 Å². The highest BCUT2D eigenvalue weighted by molar-refractivity contribution is 6.06. The van der Waals surface area contributed by atoms with E-state index >= 15 is 0 Å². The van der Waals surface area contributed by atoms with Crippen LogP contribution in [0.15, 0.2) is 12.2 Å². The lowest BCUT2D eigenvalue weighted by Crippen LogP contribution is -2.42. The third-order valence-electron chi connectivity index (χ3n) is 4.48. The molecule has 2 amide bonds. The van der Waals surface area contributed by atoms with Crippen LogP contribution >= 0.6 is 0 Å². The van der Waals surface area contributed by atoms with Crippen molar-refractivity contribution in [3.63, 3.8) is 0 Å². The van der Waals surface area contributed by atoms with Crippen LogP contribution in [-0.4, -0.2) is 33.8 Å². The van der Waals surface area contributed by atoms with Crippen LogP contribution in [0.25, 0.3) is 0 Å². The van der Waals surface area contributed by atoms with Gasteiger partial charge in [0, 0.05) is 6.42 Å². The molecule has 1 saturated heterocycles. The summed E-state index contributed by atoms with van der Waals surface area (Å²) in [4.78, 5) is 36.7. The average Bonchev–Trinajstić information content (AvgIpc) is 2.85. The number of amides is 2. The van der Waals surface area contributed by atoms with Crippen LogP contribution in [0.1, 0.15) is 33.6 Å². The zero-order chi connectivity index (χ0) is 14.4. The predicted octanol–water partition coefficient (Wildman–Crippen LogP) is 1.44. The largest absolute Gasteiger partial charge is 0.481 e. The average molecular weight is 265 g/mol. The zero-order valence-electron chi connectivity index (χ0n) is 11.4. The highest BCUT2D eigenvalue weighted by Crippen LogP contribution is 2.41. The number of hydrogen-bond donors (Lipinski definition) is 1. The van der Waals surface area contributed by atoms with Crippen molar-refractivity contribution in [2.75, 3.05) is 0 Å². The van der Waals surface area contributed by atoms with Gasteiger partial charge in [0.05, 0.1) is 17.4 Å². The molecule has 1 N–H and O–H groups in total. The summed E-state index contributed by atoms with van der Waals surface area (Å²) >= 11 is 0. The molecule has 1 heterocycles. The van der Waals surface area contributed by atoms with Crippen molar-refractivity contribution in [2.24, 2.45) is 17.3 Å². The van der Waals surface area contributed by atoms with Crippen LogP contribution in [0.3, 0.4) is 0 Å². The predicted molar refractivity (Wildman–Crippen MR) is 68.1 cm³/mol. The third-order valence-corrected chi connectivity index (χ3v) is 4.48. The first kappa shape index (κ1) is 13.8. The Morgan fingerprint density at radius 1 is 1.42 bits per heavy atom. The fourth-order valence-electron chi connectivity index (χ4n) is 2.70. The maximum atomic E-state index is 12.5. The van der Waals surface area contributed by atoms with Gasteiger partial charge in [0.15, 0.2) is 0 Å². The summed E-state index contributed by atoms with van der Waals surface area (Å²) in [5.41, 5.74) is -0.660. The minimum absolute atomic E-state index is 0.0783. The molecule has 1 fully saturated rings. The number of hydrogen-bond acceptors (Lipinski definition) is 3. The molecule has 104 valence electrons. The van der Waals surface area contributed by atoms with Crippen molar-refractivity contribution in [3.05, 3.63) is 12.2 Å². The number of carbonyl (C=O) groups excluding carboxylic acids is 2. The van der Waals surface area contributed by atoms with E-state index in [9.17, 15) is 14.4 Å². The fraction of sp³-hybridized carbons (Fsp3) is 0.643. The molecule has 19 heavy (non-hydrogen) atoms. The summed E-state index contributed by atoms with van der Waals surface area (Å²) in [6.07, 6.45) is 3.74. The summed E-state index contributed by atoms with van der Waals surface area (Å²) in [6, 6.07) is -0.401. The van der Waals surface area contributed by atoms with E-state index in [0.717, 1.165) is 0 Å². The smallest absolute Gasteiger partial charge is 0.310 e. The van der Waals surface area contributed by atoms with E-state index in [2.05, 4.69) is 0 Å². The molecule has 0 radical (unpaired) electrons. The van der Waals surface area contributed by atoms with Crippen molar-refractivity contribution in [1.82, 2.24) is 4.90 Å². The Morgan fingerprint density at radius 3 is 2.47 bits per heavy atom. The highest BCUT2D eigenvalue weighted by atomic mass is 16.4. The van der Waals surface area contributed by atoms with Gasteiger partial charge in [-0.1, -0.05) is 26.0 Å². The Bertz CT molecular complexity index is 468. The third kappa shape index (κ3) is 2.07. The monoisotopic (exact) mass is 265 g/mol. The van der Waals surface area contributed by atoms with Gasteiger partial charge in [0.2, 0.25) is 11.8 Å². The van der Waals surface area contributed by atoms with Gasteiger partial charge in [-0.05, 0) is 19.3 Å². The molecule has 0 aromatic carbocycles. The Balaban J connectivity index is 2.19. The van der Waals surface area contributed by atoms with Crippen LogP contribution < -0.4 is 0 Å². The SMILES string of the molecule is CC(C)C1(C)CC(=O)N(C2C=CC(C(=O)O)C2)C1=O. The van der Waals surface area contributed by atoms with Crippen molar-refractivity contribution < 1.29 is 19.5 Å². The molecule has 3 unspecified atom stereocenters. The molecule has 2 rings (SSSR count). The number of nitrogens with zero attached hydrogens (tertiary/aromatic N) is 1. The second-order valence-corrected chi connectivity index (χ2v) is 5.95. The second-order valence-electron chi connectivity index (χ2n) is 5.95. The maximum Gasteiger partial charge on any atom is 0.310 e. The molecular weight excluding hydrogens is 246 g/mol. The molecule has 1 aliphatic carbocycles. The normalized spacial score (nSPS) is 34.6. The fourth-order valence-corrected chi connectivity index (χ4v) is 2.70. The number of rotatable bonds is 3. The van der Waals surface area contributed by atoms with Crippen molar-refractivity contribution >= 4 is 17.8 Å². The summed E-state index contributed by atoms with van der Waals surface area (Å²) < 4.78 is 0. The minimum Gasteiger partial charge on any atom is -0.481 e. The van der Waals surface area contributed by atoms with E-state index in [1.54, 1.807) is 12.2 Å². The molecule has 0 spiro atoms. The molecule has 0 saturated carbocycles. The zero-order valence-corrected chi connectivity index (χ0v) is 11.4. The second kappa shape index (κ2) is 4.47. The molecule has 2 aliphatic rings. The Kier molecular flexibility index (Phi) is 3.24. The minimum atomic E-state index is -0.913. The van der Waals surface area contributed by atoms with Gasteiger partial charge in [-0.2, -0.15) is 0 Å². The van der Waals surface area contributed by atoms with Gasteiger partial charge in [-0.15, -0.1) is 0 Å². The Morgan fingerprint density at radius 2 is 2.05 bits per heavy atom. The lowest BCUT2D eigenvalue weighted by molar-refractivity contribution is -0.146. The van der Waals surface area contributed by atoms with Gasteiger partial charge in [-0.3, -0.25) is 19.3 Å². The standard InChI is InChI=1S/C14H19NO4/c1-8(2)14(3)7-11(16)15(13(14)19)10-5-4-9(6-10)12(17)18/h4-5,8-10H,6-7H2,1-3H3,(H,17,18). The number of carboxylic acids is 1. The van der Waals surface area contributed by atoms with E-state index in [4.69, 9.17) is 5.11 Å². The molecule has 5 nitrogen and oxygen atoms in total. The van der Waals surface area contributed by atoms with Gasteiger partial charge in [0.1, 0.15) is 0 Å². The number of aliphatic carboxylic acids is 1. The lowest BCUT2D eigenvalue weighted by Gasteiger charge is -2.28. The van der Waals surface area contributed by atoms with Crippen LogP contribution in [0.4, 0.5) is 0 Å². The highest BCUT2D eigenvalue weighted by Gasteiger charge is 2.52. The first-order chi connectivity index (χ1) is 8.77. The molecule has 0 aromatic heterocycles. The number of carboxylic acid groups (broad SMARTS) is 1. The van der Waals surface area contributed by atoms with Gasteiger partial charge in [-0.25, -0.2) is 0 Å². The van der Waals surface area contributed by atoms with Crippen LogP contribution in [-0.2, 0) is 14.4 Å². The molecule has 5 heteroatoms. The Labute approximate surface area is 112 Å². The number of carbonyl (C=O) groups is 3. The van der Waals surface area contributed by atoms with Gasteiger partial charge < -0.3 is 5.11 Å². The molecule has 0 bridgehead atoms. The molecular formula is C14H19NO4. The quantitative estimate of drug-likeness (QED) is 0.619. The van der Waals surface area contributed by atoms with Gasteiger partial charge in [0.25, 0.3) is 0 Å². The van der Waals surface area contributed by atoms with Crippen LogP contribution in [0.5, 0.6) is 0 Å².